The zero-order valence-corrected chi connectivity index (χ0v) is 12.9. The third-order valence-electron chi connectivity index (χ3n) is 3.60. The molecule has 0 aromatic carbocycles. The fourth-order valence-electron chi connectivity index (χ4n) is 2.43. The first-order valence-electron chi connectivity index (χ1n) is 7.61. The molecule has 2 heterocycles. The lowest BCUT2D eigenvalue weighted by Crippen LogP contribution is -2.38. The minimum Gasteiger partial charge on any atom is -0.385 e. The molecule has 20 heavy (non-hydrogen) atoms. The lowest BCUT2D eigenvalue weighted by molar-refractivity contribution is 0.159. The van der Waals surface area contributed by atoms with Crippen LogP contribution in [-0.2, 0) is 0 Å². The van der Waals surface area contributed by atoms with Crippen molar-refractivity contribution < 1.29 is 5.11 Å². The second kappa shape index (κ2) is 6.55. The first kappa shape index (κ1) is 15.3. The van der Waals surface area contributed by atoms with Gasteiger partial charge in [-0.2, -0.15) is 0 Å². The van der Waals surface area contributed by atoms with Gasteiger partial charge >= 0.3 is 0 Å². The SMILES string of the molecule is CC(C)(C)NC[C@@H](O)c1cccc(N2CCCCC2)n1. The molecule has 1 aromatic heterocycles. The maximum Gasteiger partial charge on any atom is 0.128 e. The van der Waals surface area contributed by atoms with E-state index in [1.165, 1.54) is 19.3 Å². The molecule has 1 atom stereocenters. The molecule has 0 unspecified atom stereocenters. The van der Waals surface area contributed by atoms with Gasteiger partial charge in [0, 0.05) is 25.2 Å². The monoisotopic (exact) mass is 277 g/mol. The second-order valence-electron chi connectivity index (χ2n) is 6.62. The van der Waals surface area contributed by atoms with Crippen LogP contribution in [0.2, 0.25) is 0 Å². The molecule has 0 radical (unpaired) electrons. The smallest absolute Gasteiger partial charge is 0.128 e. The van der Waals surface area contributed by atoms with Gasteiger partial charge < -0.3 is 15.3 Å². The van der Waals surface area contributed by atoms with Gasteiger partial charge in [-0.25, -0.2) is 4.98 Å². The van der Waals surface area contributed by atoms with Crippen LogP contribution in [0.4, 0.5) is 5.82 Å². The quantitative estimate of drug-likeness (QED) is 0.888. The Balaban J connectivity index is 2.01. The largest absolute Gasteiger partial charge is 0.385 e. The summed E-state index contributed by atoms with van der Waals surface area (Å²) in [5.74, 6) is 0.997. The van der Waals surface area contributed by atoms with Crippen LogP contribution in [0, 0.1) is 0 Å². The van der Waals surface area contributed by atoms with Crippen LogP contribution in [0.5, 0.6) is 0 Å². The maximum absolute atomic E-state index is 10.3. The summed E-state index contributed by atoms with van der Waals surface area (Å²) in [4.78, 5) is 6.95. The van der Waals surface area contributed by atoms with Crippen LogP contribution < -0.4 is 10.2 Å². The Morgan fingerprint density at radius 2 is 1.95 bits per heavy atom. The number of aliphatic hydroxyl groups is 1. The molecule has 112 valence electrons. The third kappa shape index (κ3) is 4.46. The average Bonchev–Trinajstić information content (AvgIpc) is 2.45. The van der Waals surface area contributed by atoms with Crippen LogP contribution in [0.15, 0.2) is 18.2 Å². The van der Waals surface area contributed by atoms with E-state index in [-0.39, 0.29) is 5.54 Å². The molecule has 0 bridgehead atoms. The average molecular weight is 277 g/mol. The predicted molar refractivity (Wildman–Crippen MR) is 83.0 cm³/mol. The van der Waals surface area contributed by atoms with E-state index in [0.717, 1.165) is 24.6 Å². The molecular weight excluding hydrogens is 250 g/mol. The summed E-state index contributed by atoms with van der Waals surface area (Å²) in [5, 5.41) is 13.6. The Morgan fingerprint density at radius 1 is 1.25 bits per heavy atom. The standard InChI is InChI=1S/C16H27N3O/c1-16(2,3)17-12-14(20)13-8-7-9-15(18-13)19-10-5-4-6-11-19/h7-9,14,17,20H,4-6,10-12H2,1-3H3/t14-/m1/s1. The number of hydrogen-bond donors (Lipinski definition) is 2. The number of rotatable bonds is 4. The zero-order valence-electron chi connectivity index (χ0n) is 12.9. The molecule has 1 saturated heterocycles. The molecule has 0 amide bonds. The van der Waals surface area contributed by atoms with Crippen LogP contribution in [-0.4, -0.2) is 35.3 Å². The van der Waals surface area contributed by atoms with Crippen molar-refractivity contribution in [3.8, 4) is 0 Å². The van der Waals surface area contributed by atoms with E-state index in [0.29, 0.717) is 6.54 Å². The maximum atomic E-state index is 10.3. The number of hydrogen-bond acceptors (Lipinski definition) is 4. The lowest BCUT2D eigenvalue weighted by atomic mass is 10.1. The van der Waals surface area contributed by atoms with Crippen LogP contribution >= 0.6 is 0 Å². The van der Waals surface area contributed by atoms with E-state index < -0.39 is 6.10 Å². The highest BCUT2D eigenvalue weighted by Crippen LogP contribution is 2.20. The minimum absolute atomic E-state index is 0.00542. The van der Waals surface area contributed by atoms with Gasteiger partial charge in [0.15, 0.2) is 0 Å². The van der Waals surface area contributed by atoms with Crippen molar-refractivity contribution in [2.24, 2.45) is 0 Å². The van der Waals surface area contributed by atoms with Gasteiger partial charge in [0.2, 0.25) is 0 Å². The van der Waals surface area contributed by atoms with Crippen molar-refractivity contribution in [1.29, 1.82) is 0 Å². The Labute approximate surface area is 122 Å². The van der Waals surface area contributed by atoms with Crippen molar-refractivity contribution >= 4 is 5.82 Å². The molecule has 1 aliphatic rings. The van der Waals surface area contributed by atoms with Crippen LogP contribution in [0.25, 0.3) is 0 Å². The summed E-state index contributed by atoms with van der Waals surface area (Å²) in [5.41, 5.74) is 0.760. The molecular formula is C16H27N3O. The predicted octanol–water partition coefficient (Wildman–Crippen LogP) is 2.49. The number of pyridine rings is 1. The van der Waals surface area contributed by atoms with Crippen LogP contribution in [0.3, 0.4) is 0 Å². The Kier molecular flexibility index (Phi) is 5.00. The van der Waals surface area contributed by atoms with Gasteiger partial charge in [0.25, 0.3) is 0 Å². The highest BCUT2D eigenvalue weighted by atomic mass is 16.3. The van der Waals surface area contributed by atoms with Gasteiger partial charge in [0.1, 0.15) is 11.9 Å². The van der Waals surface area contributed by atoms with Crippen molar-refractivity contribution in [3.63, 3.8) is 0 Å². The third-order valence-corrected chi connectivity index (χ3v) is 3.60. The van der Waals surface area contributed by atoms with Gasteiger partial charge in [-0.3, -0.25) is 0 Å². The highest BCUT2D eigenvalue weighted by Gasteiger charge is 2.17. The van der Waals surface area contributed by atoms with Gasteiger partial charge in [-0.15, -0.1) is 0 Å². The fourth-order valence-corrected chi connectivity index (χ4v) is 2.43. The number of aromatic nitrogens is 1. The van der Waals surface area contributed by atoms with E-state index in [4.69, 9.17) is 0 Å². The van der Waals surface area contributed by atoms with Crippen molar-refractivity contribution in [1.82, 2.24) is 10.3 Å². The summed E-state index contributed by atoms with van der Waals surface area (Å²) >= 11 is 0. The molecule has 2 rings (SSSR count). The lowest BCUT2D eigenvalue weighted by Gasteiger charge is -2.28. The number of β-amino-alcohol motifs (C(OH)–C–C–N with tert-alkyl or cyclic N) is 1. The van der Waals surface area contributed by atoms with E-state index in [1.807, 2.05) is 18.2 Å². The number of nitrogens with zero attached hydrogens (tertiary/aromatic N) is 2. The minimum atomic E-state index is -0.557. The van der Waals surface area contributed by atoms with Gasteiger partial charge in [0.05, 0.1) is 5.69 Å². The Bertz CT molecular complexity index is 422. The first-order chi connectivity index (χ1) is 9.46. The van der Waals surface area contributed by atoms with E-state index in [9.17, 15) is 5.11 Å². The molecule has 1 aromatic rings. The molecule has 0 aliphatic carbocycles. The molecule has 1 fully saturated rings. The Hall–Kier alpha value is -1.13. The topological polar surface area (TPSA) is 48.4 Å². The molecule has 0 spiro atoms. The van der Waals surface area contributed by atoms with Crippen molar-refractivity contribution in [2.75, 3.05) is 24.5 Å². The number of nitrogens with one attached hydrogen (secondary N) is 1. The number of aliphatic hydroxyl groups excluding tert-OH is 1. The summed E-state index contributed by atoms with van der Waals surface area (Å²) in [7, 11) is 0. The summed E-state index contributed by atoms with van der Waals surface area (Å²) in [6.07, 6.45) is 3.23. The summed E-state index contributed by atoms with van der Waals surface area (Å²) in [6.45, 7) is 8.96. The molecule has 4 heteroatoms. The summed E-state index contributed by atoms with van der Waals surface area (Å²) in [6, 6.07) is 5.94. The van der Waals surface area contributed by atoms with E-state index >= 15 is 0 Å². The first-order valence-corrected chi connectivity index (χ1v) is 7.61. The normalized spacial score (nSPS) is 18.1. The second-order valence-corrected chi connectivity index (χ2v) is 6.62. The highest BCUT2D eigenvalue weighted by molar-refractivity contribution is 5.39. The van der Waals surface area contributed by atoms with Gasteiger partial charge in [-0.1, -0.05) is 6.07 Å². The van der Waals surface area contributed by atoms with Crippen LogP contribution in [0.1, 0.15) is 51.8 Å². The molecule has 1 aliphatic heterocycles. The van der Waals surface area contributed by atoms with E-state index in [2.05, 4.69) is 36.0 Å². The number of piperidine rings is 1. The van der Waals surface area contributed by atoms with Gasteiger partial charge in [-0.05, 0) is 52.2 Å². The molecule has 0 saturated carbocycles. The molecule has 2 N–H and O–H groups in total. The van der Waals surface area contributed by atoms with E-state index in [1.54, 1.807) is 0 Å². The molecule has 4 nitrogen and oxygen atoms in total. The number of anilines is 1. The van der Waals surface area contributed by atoms with Crippen molar-refractivity contribution in [3.05, 3.63) is 23.9 Å². The Morgan fingerprint density at radius 3 is 2.60 bits per heavy atom. The fraction of sp³-hybridized carbons (Fsp3) is 0.688. The van der Waals surface area contributed by atoms with Crippen molar-refractivity contribution in [2.45, 2.75) is 51.7 Å². The zero-order chi connectivity index (χ0) is 14.6. The summed E-state index contributed by atoms with van der Waals surface area (Å²) < 4.78 is 0.